The van der Waals surface area contributed by atoms with Gasteiger partial charge in [0, 0.05) is 24.9 Å². The van der Waals surface area contributed by atoms with Gasteiger partial charge in [0.05, 0.1) is 13.5 Å². The summed E-state index contributed by atoms with van der Waals surface area (Å²) in [6.45, 7) is 4.03. The van der Waals surface area contributed by atoms with E-state index in [-0.39, 0.29) is 43.5 Å². The Hall–Kier alpha value is -2.17. The Morgan fingerprint density at radius 1 is 1.10 bits per heavy atom. The number of hydrogen-bond donors (Lipinski definition) is 1. The molecule has 1 aromatic rings. The summed E-state index contributed by atoms with van der Waals surface area (Å²) in [5.41, 5.74) is 2.60. The van der Waals surface area contributed by atoms with Crippen LogP contribution in [0.4, 0.5) is 0 Å². The second-order valence-electron chi connectivity index (χ2n) is 4.92. The Labute approximate surface area is 124 Å². The van der Waals surface area contributed by atoms with E-state index < -0.39 is 0 Å². The first-order valence-corrected chi connectivity index (χ1v) is 6.88. The van der Waals surface area contributed by atoms with Crippen molar-refractivity contribution in [2.45, 2.75) is 33.1 Å². The highest BCUT2D eigenvalue weighted by molar-refractivity contribution is 5.99. The third-order valence-corrected chi connectivity index (χ3v) is 3.15. The van der Waals surface area contributed by atoms with Gasteiger partial charge in [0.1, 0.15) is 0 Å². The molecular formula is C16H21NO4. The van der Waals surface area contributed by atoms with Crippen molar-refractivity contribution < 1.29 is 19.1 Å². The smallest absolute Gasteiger partial charge is 0.307 e. The summed E-state index contributed by atoms with van der Waals surface area (Å²) in [7, 11) is 1.30. The van der Waals surface area contributed by atoms with Crippen LogP contribution in [-0.4, -0.2) is 31.3 Å². The third kappa shape index (κ3) is 5.77. The van der Waals surface area contributed by atoms with Gasteiger partial charge in [-0.1, -0.05) is 17.7 Å². The number of benzene rings is 1. The molecule has 0 spiro atoms. The molecule has 1 rings (SSSR count). The van der Waals surface area contributed by atoms with Crippen LogP contribution in [0.15, 0.2) is 18.2 Å². The second-order valence-corrected chi connectivity index (χ2v) is 4.92. The molecule has 0 aromatic heterocycles. The monoisotopic (exact) mass is 291 g/mol. The van der Waals surface area contributed by atoms with Crippen LogP contribution in [-0.2, 0) is 14.3 Å². The Morgan fingerprint density at radius 3 is 2.48 bits per heavy atom. The van der Waals surface area contributed by atoms with Crippen LogP contribution in [0.5, 0.6) is 0 Å². The molecule has 0 saturated heterocycles. The highest BCUT2D eigenvalue weighted by Gasteiger charge is 2.12. The zero-order valence-corrected chi connectivity index (χ0v) is 12.7. The minimum absolute atomic E-state index is 0.0423. The molecular weight excluding hydrogens is 270 g/mol. The molecule has 0 bridgehead atoms. The first-order chi connectivity index (χ1) is 9.93. The maximum atomic E-state index is 12.1. The van der Waals surface area contributed by atoms with Crippen molar-refractivity contribution in [2.75, 3.05) is 13.7 Å². The molecule has 0 heterocycles. The van der Waals surface area contributed by atoms with E-state index in [0.717, 1.165) is 11.1 Å². The van der Waals surface area contributed by atoms with E-state index in [2.05, 4.69) is 10.1 Å². The van der Waals surface area contributed by atoms with Gasteiger partial charge < -0.3 is 10.1 Å². The lowest BCUT2D eigenvalue weighted by Crippen LogP contribution is -2.26. The average Bonchev–Trinajstić information content (AvgIpc) is 2.47. The number of esters is 1. The number of Topliss-reactive ketones (excluding diaryl/α,β-unsaturated/α-hetero) is 1. The quantitative estimate of drug-likeness (QED) is 0.615. The van der Waals surface area contributed by atoms with E-state index in [9.17, 15) is 14.4 Å². The SMILES string of the molecule is COC(=O)CCNC(=O)CCC(=O)c1cc(C)ccc1C. The minimum Gasteiger partial charge on any atom is -0.469 e. The molecule has 0 fully saturated rings. The first kappa shape index (κ1) is 16.9. The Balaban J connectivity index is 2.40. The lowest BCUT2D eigenvalue weighted by Gasteiger charge is -2.07. The van der Waals surface area contributed by atoms with E-state index in [1.807, 2.05) is 32.0 Å². The van der Waals surface area contributed by atoms with E-state index in [1.165, 1.54) is 7.11 Å². The van der Waals surface area contributed by atoms with E-state index in [0.29, 0.717) is 5.56 Å². The molecule has 0 aliphatic carbocycles. The largest absolute Gasteiger partial charge is 0.469 e. The predicted molar refractivity (Wildman–Crippen MR) is 79.1 cm³/mol. The van der Waals surface area contributed by atoms with E-state index in [4.69, 9.17) is 0 Å². The summed E-state index contributed by atoms with van der Waals surface area (Å²) >= 11 is 0. The summed E-state index contributed by atoms with van der Waals surface area (Å²) < 4.78 is 4.47. The third-order valence-electron chi connectivity index (χ3n) is 3.15. The molecule has 114 valence electrons. The van der Waals surface area contributed by atoms with Crippen LogP contribution < -0.4 is 5.32 Å². The molecule has 0 unspecified atom stereocenters. The van der Waals surface area contributed by atoms with Crippen LogP contribution in [0.2, 0.25) is 0 Å². The summed E-state index contributed by atoms with van der Waals surface area (Å²) in [4.78, 5) is 34.6. The van der Waals surface area contributed by atoms with Gasteiger partial charge in [0.2, 0.25) is 5.91 Å². The standard InChI is InChI=1S/C16H21NO4/c1-11-4-5-12(2)13(10-11)14(18)6-7-15(19)17-9-8-16(20)21-3/h4-5,10H,6-9H2,1-3H3,(H,17,19). The number of aryl methyl sites for hydroxylation is 2. The lowest BCUT2D eigenvalue weighted by molar-refractivity contribution is -0.140. The van der Waals surface area contributed by atoms with Crippen LogP contribution in [0.3, 0.4) is 0 Å². The average molecular weight is 291 g/mol. The Bertz CT molecular complexity index is 537. The molecule has 1 N–H and O–H groups in total. The maximum Gasteiger partial charge on any atom is 0.307 e. The Morgan fingerprint density at radius 2 is 1.81 bits per heavy atom. The van der Waals surface area contributed by atoms with Crippen molar-refractivity contribution in [2.24, 2.45) is 0 Å². The molecule has 1 amide bonds. The maximum absolute atomic E-state index is 12.1. The topological polar surface area (TPSA) is 72.5 Å². The number of carbonyl (C=O) groups excluding carboxylic acids is 3. The predicted octanol–water partition coefficient (Wildman–Crippen LogP) is 1.95. The lowest BCUT2D eigenvalue weighted by atomic mass is 9.99. The number of carbonyl (C=O) groups is 3. The van der Waals surface area contributed by atoms with Gasteiger partial charge in [-0.3, -0.25) is 14.4 Å². The second kappa shape index (κ2) is 8.19. The van der Waals surface area contributed by atoms with Crippen molar-refractivity contribution in [1.29, 1.82) is 0 Å². The molecule has 0 saturated carbocycles. The van der Waals surface area contributed by atoms with Crippen molar-refractivity contribution in [3.63, 3.8) is 0 Å². The summed E-state index contributed by atoms with van der Waals surface area (Å²) in [5, 5.41) is 2.59. The van der Waals surface area contributed by atoms with Crippen molar-refractivity contribution in [3.8, 4) is 0 Å². The van der Waals surface area contributed by atoms with Crippen LogP contribution >= 0.6 is 0 Å². The molecule has 0 atom stereocenters. The van der Waals surface area contributed by atoms with Gasteiger partial charge >= 0.3 is 5.97 Å². The fourth-order valence-electron chi connectivity index (χ4n) is 1.89. The Kier molecular flexibility index (Phi) is 6.59. The number of rotatable bonds is 7. The van der Waals surface area contributed by atoms with Gasteiger partial charge in [0.25, 0.3) is 0 Å². The first-order valence-electron chi connectivity index (χ1n) is 6.88. The fourth-order valence-corrected chi connectivity index (χ4v) is 1.89. The fraction of sp³-hybridized carbons (Fsp3) is 0.438. The zero-order valence-electron chi connectivity index (χ0n) is 12.7. The molecule has 5 heteroatoms. The summed E-state index contributed by atoms with van der Waals surface area (Å²) in [6.07, 6.45) is 0.412. The minimum atomic E-state index is -0.373. The van der Waals surface area contributed by atoms with Gasteiger partial charge in [-0.2, -0.15) is 0 Å². The van der Waals surface area contributed by atoms with Gasteiger partial charge in [0.15, 0.2) is 5.78 Å². The van der Waals surface area contributed by atoms with Crippen LogP contribution in [0, 0.1) is 13.8 Å². The van der Waals surface area contributed by atoms with Crippen LogP contribution in [0.25, 0.3) is 0 Å². The van der Waals surface area contributed by atoms with E-state index in [1.54, 1.807) is 0 Å². The van der Waals surface area contributed by atoms with Crippen molar-refractivity contribution >= 4 is 17.7 Å². The zero-order chi connectivity index (χ0) is 15.8. The molecule has 21 heavy (non-hydrogen) atoms. The number of amides is 1. The van der Waals surface area contributed by atoms with E-state index >= 15 is 0 Å². The molecule has 1 aromatic carbocycles. The molecule has 0 aliphatic heterocycles. The van der Waals surface area contributed by atoms with Crippen LogP contribution in [0.1, 0.15) is 40.7 Å². The van der Waals surface area contributed by atoms with Gasteiger partial charge in [-0.05, 0) is 25.5 Å². The number of ketones is 1. The highest BCUT2D eigenvalue weighted by atomic mass is 16.5. The number of hydrogen-bond acceptors (Lipinski definition) is 4. The molecule has 0 aliphatic rings. The number of methoxy groups -OCH3 is 1. The summed E-state index contributed by atoms with van der Waals surface area (Å²) in [6, 6.07) is 5.69. The van der Waals surface area contributed by atoms with Crippen molar-refractivity contribution in [1.82, 2.24) is 5.32 Å². The molecule has 0 radical (unpaired) electrons. The van der Waals surface area contributed by atoms with Crippen molar-refractivity contribution in [3.05, 3.63) is 34.9 Å². The van der Waals surface area contributed by atoms with Gasteiger partial charge in [-0.25, -0.2) is 0 Å². The molecule has 5 nitrogen and oxygen atoms in total. The summed E-state index contributed by atoms with van der Waals surface area (Å²) in [5.74, 6) is -0.654. The number of nitrogens with one attached hydrogen (secondary N) is 1. The normalized spacial score (nSPS) is 10.0. The van der Waals surface area contributed by atoms with Gasteiger partial charge in [-0.15, -0.1) is 0 Å². The highest BCUT2D eigenvalue weighted by Crippen LogP contribution is 2.13. The number of ether oxygens (including phenoxy) is 1.